The van der Waals surface area contributed by atoms with E-state index in [9.17, 15) is 4.79 Å². The van der Waals surface area contributed by atoms with Crippen LogP contribution in [0.2, 0.25) is 0 Å². The van der Waals surface area contributed by atoms with Crippen molar-refractivity contribution < 1.29 is 14.4 Å². The minimum atomic E-state index is -0.631. The SMILES string of the molecule is CN(C)c1ccccc1NCC1CCCCN1OC(=O)OC(C)(C)C. The van der Waals surface area contributed by atoms with Gasteiger partial charge in [0.25, 0.3) is 0 Å². The van der Waals surface area contributed by atoms with Crippen LogP contribution in [0.3, 0.4) is 0 Å². The van der Waals surface area contributed by atoms with Crippen molar-refractivity contribution in [1.82, 2.24) is 5.06 Å². The predicted molar refractivity (Wildman–Crippen MR) is 101 cm³/mol. The smallest absolute Gasteiger partial charge is 0.427 e. The molecule has 0 amide bonds. The second-order valence-corrected chi connectivity index (χ2v) is 7.64. The number of ether oxygens (including phenoxy) is 1. The van der Waals surface area contributed by atoms with Gasteiger partial charge in [-0.15, -0.1) is 5.06 Å². The van der Waals surface area contributed by atoms with Gasteiger partial charge in [0.15, 0.2) is 0 Å². The van der Waals surface area contributed by atoms with Crippen LogP contribution in [0.25, 0.3) is 0 Å². The lowest BCUT2D eigenvalue weighted by Crippen LogP contribution is -2.45. The molecule has 1 fully saturated rings. The van der Waals surface area contributed by atoms with E-state index in [-0.39, 0.29) is 6.04 Å². The van der Waals surface area contributed by atoms with E-state index in [0.717, 1.165) is 37.2 Å². The number of carbonyl (C=O) groups excluding carboxylic acids is 1. The quantitative estimate of drug-likeness (QED) is 0.814. The summed E-state index contributed by atoms with van der Waals surface area (Å²) in [4.78, 5) is 19.5. The van der Waals surface area contributed by atoms with Crippen LogP contribution in [0.1, 0.15) is 40.0 Å². The van der Waals surface area contributed by atoms with Crippen LogP contribution in [0.5, 0.6) is 0 Å². The molecule has 1 heterocycles. The highest BCUT2D eigenvalue weighted by atomic mass is 16.8. The van der Waals surface area contributed by atoms with Crippen LogP contribution in [-0.2, 0) is 9.57 Å². The maximum absolute atomic E-state index is 12.0. The van der Waals surface area contributed by atoms with Crippen molar-refractivity contribution in [2.45, 2.75) is 51.7 Å². The summed E-state index contributed by atoms with van der Waals surface area (Å²) >= 11 is 0. The zero-order valence-electron chi connectivity index (χ0n) is 16.0. The van der Waals surface area contributed by atoms with E-state index in [1.165, 1.54) is 0 Å². The minimum absolute atomic E-state index is 0.136. The Balaban J connectivity index is 1.96. The van der Waals surface area contributed by atoms with Crippen LogP contribution >= 0.6 is 0 Å². The molecule has 1 saturated heterocycles. The third-order valence-corrected chi connectivity index (χ3v) is 4.07. The fourth-order valence-electron chi connectivity index (χ4n) is 2.90. The Labute approximate surface area is 151 Å². The Kier molecular flexibility index (Phi) is 6.53. The first kappa shape index (κ1) is 19.4. The Morgan fingerprint density at radius 1 is 1.28 bits per heavy atom. The van der Waals surface area contributed by atoms with E-state index < -0.39 is 11.8 Å². The molecule has 1 aromatic carbocycles. The van der Waals surface area contributed by atoms with Crippen molar-refractivity contribution in [2.24, 2.45) is 0 Å². The normalized spacial score (nSPS) is 18.5. The number of para-hydroxylation sites is 2. The van der Waals surface area contributed by atoms with E-state index in [1.54, 1.807) is 5.06 Å². The highest BCUT2D eigenvalue weighted by Crippen LogP contribution is 2.25. The summed E-state index contributed by atoms with van der Waals surface area (Å²) in [6.45, 7) is 6.96. The molecule has 1 aliphatic heterocycles. The first-order chi connectivity index (χ1) is 11.8. The lowest BCUT2D eigenvalue weighted by molar-refractivity contribution is -0.173. The molecule has 1 aromatic rings. The Hall–Kier alpha value is -1.95. The zero-order chi connectivity index (χ0) is 18.4. The van der Waals surface area contributed by atoms with Crippen LogP contribution in [0.15, 0.2) is 24.3 Å². The Morgan fingerprint density at radius 2 is 2.00 bits per heavy atom. The predicted octanol–water partition coefficient (Wildman–Crippen LogP) is 3.89. The maximum atomic E-state index is 12.0. The van der Waals surface area contributed by atoms with Gasteiger partial charge in [0.1, 0.15) is 5.60 Å². The van der Waals surface area contributed by atoms with Gasteiger partial charge in [-0.05, 0) is 45.7 Å². The highest BCUT2D eigenvalue weighted by molar-refractivity contribution is 5.69. The first-order valence-electron chi connectivity index (χ1n) is 8.94. The maximum Gasteiger partial charge on any atom is 0.528 e. The van der Waals surface area contributed by atoms with Gasteiger partial charge in [-0.25, -0.2) is 4.79 Å². The molecule has 1 atom stereocenters. The van der Waals surface area contributed by atoms with Gasteiger partial charge < -0.3 is 19.8 Å². The van der Waals surface area contributed by atoms with Gasteiger partial charge in [-0.2, -0.15) is 0 Å². The summed E-state index contributed by atoms with van der Waals surface area (Å²) in [5, 5.41) is 5.27. The number of hydroxylamine groups is 2. The number of anilines is 2. The van der Waals surface area contributed by atoms with E-state index in [1.807, 2.05) is 47.0 Å². The largest absolute Gasteiger partial charge is 0.528 e. The van der Waals surface area contributed by atoms with Crippen molar-refractivity contribution >= 4 is 17.5 Å². The van der Waals surface area contributed by atoms with Gasteiger partial charge in [-0.1, -0.05) is 18.6 Å². The average molecular weight is 349 g/mol. The molecule has 1 unspecified atom stereocenters. The van der Waals surface area contributed by atoms with Crippen molar-refractivity contribution in [1.29, 1.82) is 0 Å². The zero-order valence-corrected chi connectivity index (χ0v) is 16.0. The van der Waals surface area contributed by atoms with Crippen molar-refractivity contribution in [3.8, 4) is 0 Å². The summed E-state index contributed by atoms with van der Waals surface area (Å²) < 4.78 is 5.27. The van der Waals surface area contributed by atoms with Crippen molar-refractivity contribution in [3.05, 3.63) is 24.3 Å². The molecule has 2 rings (SSSR count). The van der Waals surface area contributed by atoms with Gasteiger partial charge in [-0.3, -0.25) is 0 Å². The number of hydrogen-bond donors (Lipinski definition) is 1. The molecule has 0 aliphatic carbocycles. The topological polar surface area (TPSA) is 54.0 Å². The highest BCUT2D eigenvalue weighted by Gasteiger charge is 2.28. The molecule has 0 saturated carbocycles. The average Bonchev–Trinajstić information content (AvgIpc) is 2.52. The Morgan fingerprint density at radius 3 is 2.68 bits per heavy atom. The van der Waals surface area contributed by atoms with Crippen molar-refractivity contribution in [3.63, 3.8) is 0 Å². The first-order valence-corrected chi connectivity index (χ1v) is 8.94. The molecular formula is C19H31N3O3. The molecular weight excluding hydrogens is 318 g/mol. The van der Waals surface area contributed by atoms with E-state index in [2.05, 4.69) is 22.3 Å². The van der Waals surface area contributed by atoms with Crippen LogP contribution in [-0.4, -0.2) is 50.0 Å². The Bertz CT molecular complexity index is 569. The van der Waals surface area contributed by atoms with Crippen molar-refractivity contribution in [2.75, 3.05) is 37.4 Å². The number of piperidine rings is 1. The number of nitrogens with zero attached hydrogens (tertiary/aromatic N) is 2. The second kappa shape index (κ2) is 8.43. The van der Waals surface area contributed by atoms with E-state index >= 15 is 0 Å². The summed E-state index contributed by atoms with van der Waals surface area (Å²) in [6.07, 6.45) is 2.51. The fourth-order valence-corrected chi connectivity index (χ4v) is 2.90. The molecule has 140 valence electrons. The van der Waals surface area contributed by atoms with Crippen LogP contribution < -0.4 is 10.2 Å². The molecule has 0 aromatic heterocycles. The number of hydrogen-bond acceptors (Lipinski definition) is 6. The summed E-state index contributed by atoms with van der Waals surface area (Å²) in [6, 6.07) is 8.33. The number of benzene rings is 1. The lowest BCUT2D eigenvalue weighted by Gasteiger charge is -2.34. The molecule has 0 bridgehead atoms. The molecule has 25 heavy (non-hydrogen) atoms. The minimum Gasteiger partial charge on any atom is -0.427 e. The molecule has 0 radical (unpaired) electrons. The number of carbonyl (C=O) groups is 1. The molecule has 1 aliphatic rings. The molecule has 6 heteroatoms. The van der Waals surface area contributed by atoms with Gasteiger partial charge >= 0.3 is 6.16 Å². The summed E-state index contributed by atoms with van der Waals surface area (Å²) in [5.74, 6) is 0. The molecule has 1 N–H and O–H groups in total. The van der Waals surface area contributed by atoms with E-state index in [0.29, 0.717) is 6.54 Å². The van der Waals surface area contributed by atoms with E-state index in [4.69, 9.17) is 9.57 Å². The fraction of sp³-hybridized carbons (Fsp3) is 0.632. The van der Waals surface area contributed by atoms with Crippen LogP contribution in [0, 0.1) is 0 Å². The molecule has 6 nitrogen and oxygen atoms in total. The monoisotopic (exact) mass is 349 g/mol. The van der Waals surface area contributed by atoms with Crippen LogP contribution in [0.4, 0.5) is 16.2 Å². The summed E-state index contributed by atoms with van der Waals surface area (Å²) in [7, 11) is 4.05. The number of nitrogens with one attached hydrogen (secondary N) is 1. The third kappa shape index (κ3) is 6.12. The van der Waals surface area contributed by atoms with Gasteiger partial charge in [0, 0.05) is 27.2 Å². The standard InChI is InChI=1S/C19H31N3O3/c1-19(2,3)24-18(23)25-22-13-9-8-10-15(22)14-20-16-11-6-7-12-17(16)21(4)5/h6-7,11-12,15,20H,8-10,13-14H2,1-5H3. The molecule has 0 spiro atoms. The lowest BCUT2D eigenvalue weighted by atomic mass is 10.0. The van der Waals surface area contributed by atoms with Gasteiger partial charge in [0.05, 0.1) is 17.4 Å². The summed E-state index contributed by atoms with van der Waals surface area (Å²) in [5.41, 5.74) is 1.67. The number of rotatable bonds is 5. The van der Waals surface area contributed by atoms with Gasteiger partial charge in [0.2, 0.25) is 0 Å². The second-order valence-electron chi connectivity index (χ2n) is 7.64. The third-order valence-electron chi connectivity index (χ3n) is 4.07.